The van der Waals surface area contributed by atoms with Crippen LogP contribution in [0.5, 0.6) is 0 Å². The summed E-state index contributed by atoms with van der Waals surface area (Å²) in [6.07, 6.45) is 0. The summed E-state index contributed by atoms with van der Waals surface area (Å²) >= 11 is 1.31. The smallest absolute Gasteiger partial charge is 0.251 e. The number of aromatic nitrogens is 2. The first-order chi connectivity index (χ1) is 10.0. The quantitative estimate of drug-likeness (QED) is 0.726. The molecule has 2 aromatic rings. The molecule has 0 spiro atoms. The lowest BCUT2D eigenvalue weighted by Crippen LogP contribution is -2.33. The molecule has 1 heterocycles. The van der Waals surface area contributed by atoms with E-state index in [1.165, 1.54) is 11.5 Å². The minimum absolute atomic E-state index is 0.168. The lowest BCUT2D eigenvalue weighted by atomic mass is 10.1. The fourth-order valence-electron chi connectivity index (χ4n) is 1.59. The van der Waals surface area contributed by atoms with Crippen LogP contribution in [0.15, 0.2) is 24.3 Å². The van der Waals surface area contributed by atoms with E-state index in [4.69, 9.17) is 5.73 Å². The van der Waals surface area contributed by atoms with Gasteiger partial charge in [-0.05, 0) is 24.6 Å². The average molecular weight is 305 g/mol. The number of nitrogens with two attached hydrogens (primary N) is 1. The van der Waals surface area contributed by atoms with Crippen LogP contribution in [-0.4, -0.2) is 27.7 Å². The molecule has 2 amide bonds. The maximum Gasteiger partial charge on any atom is 0.251 e. The zero-order valence-corrected chi connectivity index (χ0v) is 12.2. The molecule has 0 bridgehead atoms. The van der Waals surface area contributed by atoms with Crippen LogP contribution in [0, 0.1) is 6.92 Å². The Morgan fingerprint density at radius 2 is 2.00 bits per heavy atom. The highest BCUT2D eigenvalue weighted by molar-refractivity contribution is 7.09. The van der Waals surface area contributed by atoms with Gasteiger partial charge in [0.15, 0.2) is 0 Å². The molecule has 8 heteroatoms. The Hall–Kier alpha value is -2.48. The summed E-state index contributed by atoms with van der Waals surface area (Å²) in [4.78, 5) is 26.5. The Morgan fingerprint density at radius 3 is 2.57 bits per heavy atom. The number of hydrogen-bond acceptors (Lipinski definition) is 6. The van der Waals surface area contributed by atoms with Crippen molar-refractivity contribution in [2.75, 3.05) is 11.9 Å². The SMILES string of the molecule is Cc1nsc(NCc2ccc(C(=O)NCC(N)=O)cc2)n1. The molecule has 0 radical (unpaired) electrons. The van der Waals surface area contributed by atoms with E-state index in [9.17, 15) is 9.59 Å². The summed E-state index contributed by atoms with van der Waals surface area (Å²) in [6, 6.07) is 7.05. The van der Waals surface area contributed by atoms with Crippen molar-refractivity contribution in [1.29, 1.82) is 0 Å². The van der Waals surface area contributed by atoms with Gasteiger partial charge in [0, 0.05) is 23.6 Å². The highest BCUT2D eigenvalue weighted by Crippen LogP contribution is 2.12. The Bertz CT molecular complexity index is 638. The maximum atomic E-state index is 11.7. The predicted octanol–water partition coefficient (Wildman–Crippen LogP) is 0.674. The molecule has 1 aromatic heterocycles. The summed E-state index contributed by atoms with van der Waals surface area (Å²) < 4.78 is 4.08. The normalized spacial score (nSPS) is 10.1. The second-order valence-electron chi connectivity index (χ2n) is 4.35. The van der Waals surface area contributed by atoms with Gasteiger partial charge < -0.3 is 16.4 Å². The van der Waals surface area contributed by atoms with Crippen molar-refractivity contribution in [3.63, 3.8) is 0 Å². The fraction of sp³-hybridized carbons (Fsp3) is 0.231. The number of benzene rings is 1. The molecule has 4 N–H and O–H groups in total. The number of carbonyl (C=O) groups is 2. The standard InChI is InChI=1S/C13H15N5O2S/c1-8-17-13(21-18-8)16-6-9-2-4-10(5-3-9)12(20)15-7-11(14)19/h2-5H,6-7H2,1H3,(H2,14,19)(H,15,20)(H,16,17,18). The van der Waals surface area contributed by atoms with Crippen molar-refractivity contribution in [1.82, 2.24) is 14.7 Å². The molecular weight excluding hydrogens is 290 g/mol. The van der Waals surface area contributed by atoms with Crippen molar-refractivity contribution in [3.05, 3.63) is 41.2 Å². The van der Waals surface area contributed by atoms with Crippen LogP contribution in [0.1, 0.15) is 21.7 Å². The monoisotopic (exact) mass is 305 g/mol. The molecule has 21 heavy (non-hydrogen) atoms. The fourth-order valence-corrected chi connectivity index (χ4v) is 2.16. The van der Waals surface area contributed by atoms with Gasteiger partial charge in [-0.2, -0.15) is 4.37 Å². The van der Waals surface area contributed by atoms with E-state index in [0.29, 0.717) is 12.1 Å². The molecule has 2 rings (SSSR count). The third kappa shape index (κ3) is 4.53. The number of anilines is 1. The van der Waals surface area contributed by atoms with Gasteiger partial charge in [0.2, 0.25) is 11.0 Å². The first-order valence-corrected chi connectivity index (χ1v) is 7.01. The molecule has 1 aromatic carbocycles. The van der Waals surface area contributed by atoms with E-state index in [2.05, 4.69) is 20.0 Å². The molecule has 0 aliphatic heterocycles. The van der Waals surface area contributed by atoms with Gasteiger partial charge in [-0.3, -0.25) is 9.59 Å². The molecule has 0 aliphatic carbocycles. The van der Waals surface area contributed by atoms with Gasteiger partial charge in [0.25, 0.3) is 5.91 Å². The van der Waals surface area contributed by atoms with E-state index in [-0.39, 0.29) is 12.5 Å². The third-order valence-corrected chi connectivity index (χ3v) is 3.37. The van der Waals surface area contributed by atoms with Crippen molar-refractivity contribution in [2.45, 2.75) is 13.5 Å². The number of amides is 2. The number of hydrogen-bond donors (Lipinski definition) is 3. The molecule has 0 atom stereocenters. The number of nitrogens with one attached hydrogen (secondary N) is 2. The van der Waals surface area contributed by atoms with Gasteiger partial charge in [-0.15, -0.1) is 0 Å². The van der Waals surface area contributed by atoms with E-state index >= 15 is 0 Å². The van der Waals surface area contributed by atoms with E-state index in [1.54, 1.807) is 12.1 Å². The van der Waals surface area contributed by atoms with Crippen LogP contribution < -0.4 is 16.4 Å². The molecule has 0 saturated heterocycles. The summed E-state index contributed by atoms with van der Waals surface area (Å²) in [5, 5.41) is 6.35. The zero-order valence-electron chi connectivity index (χ0n) is 11.4. The average Bonchev–Trinajstić information content (AvgIpc) is 2.89. The maximum absolute atomic E-state index is 11.7. The molecule has 0 saturated carbocycles. The van der Waals surface area contributed by atoms with Crippen LogP contribution in [-0.2, 0) is 11.3 Å². The highest BCUT2D eigenvalue weighted by atomic mass is 32.1. The predicted molar refractivity (Wildman–Crippen MR) is 79.9 cm³/mol. The van der Waals surface area contributed by atoms with Crippen LogP contribution >= 0.6 is 11.5 Å². The Balaban J connectivity index is 1.89. The Labute approximate surface area is 125 Å². The third-order valence-electron chi connectivity index (χ3n) is 2.61. The molecular formula is C13H15N5O2S. The molecule has 110 valence electrons. The van der Waals surface area contributed by atoms with Gasteiger partial charge in [-0.25, -0.2) is 4.98 Å². The molecule has 0 fully saturated rings. The highest BCUT2D eigenvalue weighted by Gasteiger charge is 2.06. The number of primary amides is 1. The van der Waals surface area contributed by atoms with Crippen molar-refractivity contribution in [2.24, 2.45) is 5.73 Å². The van der Waals surface area contributed by atoms with Crippen molar-refractivity contribution >= 4 is 28.5 Å². The van der Waals surface area contributed by atoms with E-state index in [0.717, 1.165) is 16.5 Å². The first-order valence-electron chi connectivity index (χ1n) is 6.24. The van der Waals surface area contributed by atoms with Crippen LogP contribution in [0.2, 0.25) is 0 Å². The second kappa shape index (κ2) is 6.80. The first kappa shape index (κ1) is 14.9. The van der Waals surface area contributed by atoms with Crippen molar-refractivity contribution in [3.8, 4) is 0 Å². The summed E-state index contributed by atoms with van der Waals surface area (Å²) in [5.41, 5.74) is 6.45. The minimum Gasteiger partial charge on any atom is -0.368 e. The number of rotatable bonds is 6. The molecule has 0 unspecified atom stereocenters. The summed E-state index contributed by atoms with van der Waals surface area (Å²) in [5.74, 6) is -0.159. The lowest BCUT2D eigenvalue weighted by molar-refractivity contribution is -0.117. The second-order valence-corrected chi connectivity index (χ2v) is 5.10. The van der Waals surface area contributed by atoms with Crippen LogP contribution in [0.4, 0.5) is 5.13 Å². The minimum atomic E-state index is -0.573. The van der Waals surface area contributed by atoms with E-state index < -0.39 is 5.91 Å². The van der Waals surface area contributed by atoms with Crippen LogP contribution in [0.3, 0.4) is 0 Å². The Kier molecular flexibility index (Phi) is 4.83. The summed E-state index contributed by atoms with van der Waals surface area (Å²) in [7, 11) is 0. The van der Waals surface area contributed by atoms with Gasteiger partial charge in [0.05, 0.1) is 6.54 Å². The molecule has 0 aliphatic rings. The molecule has 7 nitrogen and oxygen atoms in total. The number of aryl methyl sites for hydroxylation is 1. The van der Waals surface area contributed by atoms with Gasteiger partial charge in [0.1, 0.15) is 5.82 Å². The number of carbonyl (C=O) groups excluding carboxylic acids is 2. The Morgan fingerprint density at radius 1 is 1.29 bits per heavy atom. The van der Waals surface area contributed by atoms with E-state index in [1.807, 2.05) is 19.1 Å². The lowest BCUT2D eigenvalue weighted by Gasteiger charge is -2.05. The topological polar surface area (TPSA) is 110 Å². The van der Waals surface area contributed by atoms with Gasteiger partial charge in [-0.1, -0.05) is 12.1 Å². The van der Waals surface area contributed by atoms with Crippen molar-refractivity contribution < 1.29 is 9.59 Å². The largest absolute Gasteiger partial charge is 0.368 e. The zero-order chi connectivity index (χ0) is 15.2. The van der Waals surface area contributed by atoms with Crippen LogP contribution in [0.25, 0.3) is 0 Å². The number of nitrogens with zero attached hydrogens (tertiary/aromatic N) is 2. The van der Waals surface area contributed by atoms with Gasteiger partial charge >= 0.3 is 0 Å². The summed E-state index contributed by atoms with van der Waals surface area (Å²) in [6.45, 7) is 2.26.